The Bertz CT molecular complexity index is 162. The molecule has 0 saturated carbocycles. The number of rotatable bonds is 0. The molecule has 0 radical (unpaired) electrons. The fourth-order valence-electron chi connectivity index (χ4n) is 0.830. The highest BCUT2D eigenvalue weighted by atomic mass is 16.5. The summed E-state index contributed by atoms with van der Waals surface area (Å²) in [7, 11) is 0. The predicted molar refractivity (Wildman–Crippen MR) is 33.3 cm³/mol. The molecule has 0 aromatic carbocycles. The quantitative estimate of drug-likeness (QED) is 0.450. The summed E-state index contributed by atoms with van der Waals surface area (Å²) in [5.41, 5.74) is 0. The van der Waals surface area contributed by atoms with Crippen LogP contribution >= 0.6 is 0 Å². The molecule has 1 aliphatic heterocycles. The van der Waals surface area contributed by atoms with Crippen molar-refractivity contribution in [1.29, 1.82) is 0 Å². The van der Waals surface area contributed by atoms with E-state index in [-0.39, 0.29) is 12.0 Å². The summed E-state index contributed by atoms with van der Waals surface area (Å²) in [6.45, 7) is 3.58. The van der Waals surface area contributed by atoms with Crippen molar-refractivity contribution < 1.29 is 9.53 Å². The Kier molecular flexibility index (Phi) is 1.51. The molecule has 1 atom stereocenters. The molecule has 3 nitrogen and oxygen atoms in total. The molecule has 1 aliphatic rings. The van der Waals surface area contributed by atoms with Crippen molar-refractivity contribution in [2.24, 2.45) is 4.99 Å². The second-order valence-corrected chi connectivity index (χ2v) is 2.18. The third kappa shape index (κ3) is 1.52. The lowest BCUT2D eigenvalue weighted by Gasteiger charge is -2.12. The summed E-state index contributed by atoms with van der Waals surface area (Å²) >= 11 is 0. The molecular formula is C6H9NO2. The van der Waals surface area contributed by atoms with Gasteiger partial charge in [0.05, 0.1) is 12.5 Å². The maximum absolute atomic E-state index is 10.6. The van der Waals surface area contributed by atoms with Crippen molar-refractivity contribution in [3.8, 4) is 0 Å². The number of nitrogens with zero attached hydrogens (tertiary/aromatic N) is 1. The Labute approximate surface area is 53.7 Å². The molecule has 0 fully saturated rings. The fraction of sp³-hybridized carbons (Fsp3) is 0.667. The topological polar surface area (TPSA) is 38.7 Å². The van der Waals surface area contributed by atoms with Crippen molar-refractivity contribution in [3.05, 3.63) is 0 Å². The highest BCUT2D eigenvalue weighted by molar-refractivity contribution is 5.89. The second kappa shape index (κ2) is 2.17. The van der Waals surface area contributed by atoms with Crippen molar-refractivity contribution in [2.45, 2.75) is 26.3 Å². The normalized spacial score (nSPS) is 27.1. The van der Waals surface area contributed by atoms with Crippen LogP contribution in [-0.4, -0.2) is 17.9 Å². The molecule has 3 heteroatoms. The van der Waals surface area contributed by atoms with Crippen LogP contribution in [0.25, 0.3) is 0 Å². The third-order valence-electron chi connectivity index (χ3n) is 1.13. The Morgan fingerprint density at radius 1 is 1.78 bits per heavy atom. The lowest BCUT2D eigenvalue weighted by molar-refractivity contribution is -0.136. The van der Waals surface area contributed by atoms with E-state index in [0.29, 0.717) is 12.3 Å². The summed E-state index contributed by atoms with van der Waals surface area (Å²) in [5.74, 6) is 0.314. The minimum Gasteiger partial charge on any atom is -0.412 e. The van der Waals surface area contributed by atoms with E-state index in [1.807, 2.05) is 6.92 Å². The predicted octanol–water partition coefficient (Wildman–Crippen LogP) is 0.740. The number of carbonyl (C=O) groups is 1. The van der Waals surface area contributed by atoms with Crippen LogP contribution in [-0.2, 0) is 9.53 Å². The second-order valence-electron chi connectivity index (χ2n) is 2.18. The molecule has 1 rings (SSSR count). The summed E-state index contributed by atoms with van der Waals surface area (Å²) in [6.07, 6.45) is 0.414. The van der Waals surface area contributed by atoms with Gasteiger partial charge >= 0.3 is 5.97 Å². The van der Waals surface area contributed by atoms with Gasteiger partial charge in [0.15, 0.2) is 5.90 Å². The summed E-state index contributed by atoms with van der Waals surface area (Å²) in [5, 5.41) is 0. The first kappa shape index (κ1) is 6.26. The molecule has 0 aromatic heterocycles. The highest BCUT2D eigenvalue weighted by Gasteiger charge is 2.15. The average molecular weight is 127 g/mol. The summed E-state index contributed by atoms with van der Waals surface area (Å²) in [4.78, 5) is 14.6. The fourth-order valence-corrected chi connectivity index (χ4v) is 0.830. The van der Waals surface area contributed by atoms with Gasteiger partial charge in [0, 0.05) is 6.92 Å². The van der Waals surface area contributed by atoms with Crippen molar-refractivity contribution in [1.82, 2.24) is 0 Å². The van der Waals surface area contributed by atoms with Gasteiger partial charge in [-0.3, -0.25) is 9.79 Å². The number of ether oxygens (including phenoxy) is 1. The maximum atomic E-state index is 10.6. The Balaban J connectivity index is 2.67. The van der Waals surface area contributed by atoms with Gasteiger partial charge in [0.1, 0.15) is 0 Å². The minimum absolute atomic E-state index is 0.103. The van der Waals surface area contributed by atoms with Crippen LogP contribution in [0.5, 0.6) is 0 Å². The van der Waals surface area contributed by atoms with E-state index in [2.05, 4.69) is 9.73 Å². The Morgan fingerprint density at radius 3 is 2.89 bits per heavy atom. The molecule has 9 heavy (non-hydrogen) atoms. The van der Waals surface area contributed by atoms with E-state index in [0.717, 1.165) is 0 Å². The van der Waals surface area contributed by atoms with E-state index in [1.165, 1.54) is 0 Å². The zero-order chi connectivity index (χ0) is 6.85. The minimum atomic E-state index is -0.171. The van der Waals surface area contributed by atoms with Gasteiger partial charge in [-0.25, -0.2) is 0 Å². The molecule has 0 saturated heterocycles. The number of aliphatic imine (C=N–C) groups is 1. The summed E-state index contributed by atoms with van der Waals surface area (Å²) < 4.78 is 4.67. The first-order valence-corrected chi connectivity index (χ1v) is 2.93. The zero-order valence-electron chi connectivity index (χ0n) is 5.55. The average Bonchev–Trinajstić information content (AvgIpc) is 1.59. The molecule has 0 N–H and O–H groups in total. The van der Waals surface area contributed by atoms with Gasteiger partial charge < -0.3 is 4.74 Å². The third-order valence-corrected chi connectivity index (χ3v) is 1.13. The van der Waals surface area contributed by atoms with Crippen LogP contribution in [0.4, 0.5) is 0 Å². The van der Waals surface area contributed by atoms with Crippen molar-refractivity contribution >= 4 is 11.9 Å². The van der Waals surface area contributed by atoms with Crippen LogP contribution in [0.1, 0.15) is 20.3 Å². The van der Waals surface area contributed by atoms with Crippen LogP contribution in [0.3, 0.4) is 0 Å². The number of hydrogen-bond acceptors (Lipinski definition) is 3. The molecule has 1 unspecified atom stereocenters. The van der Waals surface area contributed by atoms with Gasteiger partial charge in [-0.05, 0) is 6.92 Å². The lowest BCUT2D eigenvalue weighted by Crippen LogP contribution is -2.21. The van der Waals surface area contributed by atoms with Gasteiger partial charge in [-0.1, -0.05) is 0 Å². The maximum Gasteiger partial charge on any atom is 0.314 e. The van der Waals surface area contributed by atoms with Gasteiger partial charge in [0.25, 0.3) is 0 Å². The molecule has 1 heterocycles. The molecule has 0 aromatic rings. The molecule has 0 bridgehead atoms. The SMILES string of the molecule is CC1=NC(C)CC(=O)O1. The van der Waals surface area contributed by atoms with E-state index in [9.17, 15) is 4.79 Å². The standard InChI is InChI=1S/C6H9NO2/c1-4-3-6(8)9-5(2)7-4/h4H,3H2,1-2H3. The van der Waals surface area contributed by atoms with Gasteiger partial charge in [-0.2, -0.15) is 0 Å². The van der Waals surface area contributed by atoms with Crippen molar-refractivity contribution in [2.75, 3.05) is 0 Å². The molecule has 50 valence electrons. The molecule has 0 spiro atoms. The number of cyclic esters (lactones) is 1. The highest BCUT2D eigenvalue weighted by Crippen LogP contribution is 2.06. The number of hydrogen-bond donors (Lipinski definition) is 0. The zero-order valence-corrected chi connectivity index (χ0v) is 5.55. The lowest BCUT2D eigenvalue weighted by atomic mass is 10.2. The van der Waals surface area contributed by atoms with Crippen molar-refractivity contribution in [3.63, 3.8) is 0 Å². The molecule has 0 aliphatic carbocycles. The first-order chi connectivity index (χ1) is 4.18. The van der Waals surface area contributed by atoms with Crippen LogP contribution < -0.4 is 0 Å². The molecule has 0 amide bonds. The van der Waals surface area contributed by atoms with Gasteiger partial charge in [0.2, 0.25) is 0 Å². The largest absolute Gasteiger partial charge is 0.412 e. The van der Waals surface area contributed by atoms with E-state index in [1.54, 1.807) is 6.92 Å². The van der Waals surface area contributed by atoms with E-state index in [4.69, 9.17) is 0 Å². The smallest absolute Gasteiger partial charge is 0.314 e. The first-order valence-electron chi connectivity index (χ1n) is 2.93. The number of esters is 1. The van der Waals surface area contributed by atoms with Gasteiger partial charge in [-0.15, -0.1) is 0 Å². The molecular weight excluding hydrogens is 118 g/mol. The van der Waals surface area contributed by atoms with Crippen LogP contribution in [0, 0.1) is 0 Å². The summed E-state index contributed by atoms with van der Waals surface area (Å²) in [6, 6.07) is 0.103. The van der Waals surface area contributed by atoms with E-state index < -0.39 is 0 Å². The van der Waals surface area contributed by atoms with E-state index >= 15 is 0 Å². The monoisotopic (exact) mass is 127 g/mol. The number of carbonyl (C=O) groups excluding carboxylic acids is 1. The Morgan fingerprint density at radius 2 is 2.44 bits per heavy atom. The van der Waals surface area contributed by atoms with Crippen LogP contribution in [0.2, 0.25) is 0 Å². The van der Waals surface area contributed by atoms with Crippen LogP contribution in [0.15, 0.2) is 4.99 Å². The Hall–Kier alpha value is -0.860.